The summed E-state index contributed by atoms with van der Waals surface area (Å²) in [5.74, 6) is 0.450. The number of morpholine rings is 1. The van der Waals surface area contributed by atoms with Crippen LogP contribution in [0.25, 0.3) is 0 Å². The van der Waals surface area contributed by atoms with Gasteiger partial charge in [-0.15, -0.1) is 0 Å². The lowest BCUT2D eigenvalue weighted by Crippen LogP contribution is -2.65. The predicted octanol–water partition coefficient (Wildman–Crippen LogP) is 1.12. The lowest BCUT2D eigenvalue weighted by molar-refractivity contribution is -0.199. The Kier molecular flexibility index (Phi) is 6.42. The van der Waals surface area contributed by atoms with Gasteiger partial charge in [-0.05, 0) is 43.4 Å². The molecule has 0 spiro atoms. The van der Waals surface area contributed by atoms with Crippen molar-refractivity contribution in [3.8, 4) is 0 Å². The van der Waals surface area contributed by atoms with Gasteiger partial charge in [-0.1, -0.05) is 27.2 Å². The maximum absolute atomic E-state index is 12.8. The number of nitrogens with one attached hydrogen (secondary N) is 1. The van der Waals surface area contributed by atoms with Gasteiger partial charge in [0.15, 0.2) is 0 Å². The quantitative estimate of drug-likeness (QED) is 0.581. The number of amides is 2. The second kappa shape index (κ2) is 8.65. The summed E-state index contributed by atoms with van der Waals surface area (Å²) in [7, 11) is -0.476. The van der Waals surface area contributed by atoms with E-state index in [1.807, 2.05) is 0 Å². The third kappa shape index (κ3) is 4.14. The number of hydrogen-bond donors (Lipinski definition) is 2. The summed E-state index contributed by atoms with van der Waals surface area (Å²) in [6.07, 6.45) is 3.89. The fourth-order valence-corrected chi connectivity index (χ4v) is 6.17. The number of rotatable bonds is 7. The van der Waals surface area contributed by atoms with Gasteiger partial charge < -0.3 is 30.0 Å². The van der Waals surface area contributed by atoms with E-state index in [2.05, 4.69) is 33.0 Å². The molecule has 2 saturated heterocycles. The summed E-state index contributed by atoms with van der Waals surface area (Å²) >= 11 is 0. The van der Waals surface area contributed by atoms with Crippen molar-refractivity contribution in [3.05, 3.63) is 0 Å². The molecule has 2 aliphatic heterocycles. The SMILES string of the molecule is CCCC(NC(=O)C(N)CC(=O)N1CCOCC1)B1O[C@@H]2C[C@@H]3C[C@@H](C3(C)C)[C@]2(C)O1. The summed E-state index contributed by atoms with van der Waals surface area (Å²) in [6.45, 7) is 11.1. The van der Waals surface area contributed by atoms with E-state index in [0.717, 1.165) is 19.3 Å². The van der Waals surface area contributed by atoms with Gasteiger partial charge in [0, 0.05) is 13.1 Å². The topological polar surface area (TPSA) is 103 Å². The summed E-state index contributed by atoms with van der Waals surface area (Å²) in [6, 6.07) is -0.888. The normalized spacial score (nSPS) is 35.7. The average Bonchev–Trinajstić information content (AvgIpc) is 3.10. The molecule has 3 aliphatic carbocycles. The van der Waals surface area contributed by atoms with Gasteiger partial charge in [0.25, 0.3) is 0 Å². The van der Waals surface area contributed by atoms with Gasteiger partial charge in [-0.25, -0.2) is 0 Å². The fraction of sp³-hybridized carbons (Fsp3) is 0.909. The van der Waals surface area contributed by atoms with Crippen LogP contribution in [0, 0.1) is 17.3 Å². The van der Waals surface area contributed by atoms with Crippen molar-refractivity contribution in [3.63, 3.8) is 0 Å². The van der Waals surface area contributed by atoms with Gasteiger partial charge in [0.2, 0.25) is 11.8 Å². The Labute approximate surface area is 186 Å². The Morgan fingerprint density at radius 1 is 1.23 bits per heavy atom. The smallest absolute Gasteiger partial charge is 0.404 e. The van der Waals surface area contributed by atoms with E-state index in [1.165, 1.54) is 6.42 Å². The van der Waals surface area contributed by atoms with E-state index in [0.29, 0.717) is 38.1 Å². The van der Waals surface area contributed by atoms with Crippen molar-refractivity contribution < 1.29 is 23.6 Å². The monoisotopic (exact) mass is 435 g/mol. The fourth-order valence-electron chi connectivity index (χ4n) is 6.17. The lowest BCUT2D eigenvalue weighted by Gasteiger charge is -2.64. The molecule has 0 radical (unpaired) electrons. The van der Waals surface area contributed by atoms with Crippen LogP contribution in [0.1, 0.15) is 59.8 Å². The van der Waals surface area contributed by atoms with Crippen molar-refractivity contribution in [2.45, 2.75) is 83.5 Å². The largest absolute Gasteiger partial charge is 0.481 e. The number of carbonyl (C=O) groups excluding carboxylic acids is 2. The minimum Gasteiger partial charge on any atom is -0.404 e. The molecule has 3 N–H and O–H groups in total. The Balaban J connectivity index is 1.36. The van der Waals surface area contributed by atoms with Gasteiger partial charge in [0.1, 0.15) is 0 Å². The number of hydrogen-bond acceptors (Lipinski definition) is 6. The zero-order chi connectivity index (χ0) is 22.4. The molecule has 8 nitrogen and oxygen atoms in total. The predicted molar refractivity (Wildman–Crippen MR) is 117 cm³/mol. The molecule has 0 aromatic carbocycles. The van der Waals surface area contributed by atoms with Crippen LogP contribution in [0.4, 0.5) is 0 Å². The Morgan fingerprint density at radius 2 is 1.94 bits per heavy atom. The molecule has 5 rings (SSSR count). The van der Waals surface area contributed by atoms with Gasteiger partial charge >= 0.3 is 7.12 Å². The van der Waals surface area contributed by atoms with Crippen LogP contribution in [0.2, 0.25) is 0 Å². The molecular weight excluding hydrogens is 397 g/mol. The molecule has 5 fully saturated rings. The molecule has 9 heteroatoms. The van der Waals surface area contributed by atoms with E-state index in [4.69, 9.17) is 19.8 Å². The first-order valence-corrected chi connectivity index (χ1v) is 11.9. The van der Waals surface area contributed by atoms with Crippen LogP contribution in [0.5, 0.6) is 0 Å². The second-order valence-corrected chi connectivity index (χ2v) is 10.5. The Morgan fingerprint density at radius 3 is 2.58 bits per heavy atom. The highest BCUT2D eigenvalue weighted by Gasteiger charge is 2.68. The number of nitrogens with two attached hydrogens (primary N) is 1. The molecule has 31 heavy (non-hydrogen) atoms. The average molecular weight is 435 g/mol. The van der Waals surface area contributed by atoms with Crippen molar-refractivity contribution in [2.24, 2.45) is 23.0 Å². The maximum atomic E-state index is 12.8. The third-order valence-corrected chi connectivity index (χ3v) is 8.32. The highest BCUT2D eigenvalue weighted by Crippen LogP contribution is 2.65. The van der Waals surface area contributed by atoms with Gasteiger partial charge in [-0.2, -0.15) is 0 Å². The van der Waals surface area contributed by atoms with Crippen LogP contribution < -0.4 is 11.1 Å². The molecule has 3 saturated carbocycles. The molecule has 5 aliphatic rings. The van der Waals surface area contributed by atoms with Gasteiger partial charge in [-0.3, -0.25) is 9.59 Å². The summed E-state index contributed by atoms with van der Waals surface area (Å²) < 4.78 is 18.2. The van der Waals surface area contributed by atoms with E-state index in [9.17, 15) is 9.59 Å². The maximum Gasteiger partial charge on any atom is 0.481 e. The zero-order valence-electron chi connectivity index (χ0n) is 19.4. The molecular formula is C22H38BN3O5. The molecule has 2 unspecified atom stereocenters. The minimum absolute atomic E-state index is 0.00462. The molecule has 2 bridgehead atoms. The second-order valence-electron chi connectivity index (χ2n) is 10.5. The van der Waals surface area contributed by atoms with Gasteiger partial charge in [0.05, 0.1) is 43.3 Å². The van der Waals surface area contributed by atoms with Crippen molar-refractivity contribution in [1.29, 1.82) is 0 Å². The van der Waals surface area contributed by atoms with E-state index in [1.54, 1.807) is 4.90 Å². The Hall–Kier alpha value is -1.16. The Bertz CT molecular complexity index is 701. The highest BCUT2D eigenvalue weighted by molar-refractivity contribution is 6.47. The molecule has 6 atom stereocenters. The van der Waals surface area contributed by atoms with Crippen molar-refractivity contribution in [1.82, 2.24) is 10.2 Å². The number of nitrogens with zero attached hydrogens (tertiary/aromatic N) is 1. The lowest BCUT2D eigenvalue weighted by atomic mass is 9.43. The van der Waals surface area contributed by atoms with E-state index in [-0.39, 0.29) is 41.3 Å². The third-order valence-electron chi connectivity index (χ3n) is 8.32. The molecule has 2 heterocycles. The van der Waals surface area contributed by atoms with Crippen molar-refractivity contribution in [2.75, 3.05) is 26.3 Å². The molecule has 0 aromatic heterocycles. The van der Waals surface area contributed by atoms with E-state index >= 15 is 0 Å². The summed E-state index contributed by atoms with van der Waals surface area (Å²) in [4.78, 5) is 27.0. The first-order valence-electron chi connectivity index (χ1n) is 11.9. The zero-order valence-corrected chi connectivity index (χ0v) is 19.4. The molecule has 0 aromatic rings. The minimum atomic E-state index is -0.888. The van der Waals surface area contributed by atoms with Crippen LogP contribution in [-0.4, -0.2) is 73.8 Å². The van der Waals surface area contributed by atoms with Crippen LogP contribution >= 0.6 is 0 Å². The number of carbonyl (C=O) groups is 2. The summed E-state index contributed by atoms with van der Waals surface area (Å²) in [5, 5.41) is 3.03. The highest BCUT2D eigenvalue weighted by atomic mass is 16.7. The molecule has 2 amide bonds. The van der Waals surface area contributed by atoms with E-state index < -0.39 is 13.2 Å². The van der Waals surface area contributed by atoms with Crippen LogP contribution in [0.3, 0.4) is 0 Å². The van der Waals surface area contributed by atoms with Crippen LogP contribution in [0.15, 0.2) is 0 Å². The summed E-state index contributed by atoms with van der Waals surface area (Å²) in [5.41, 5.74) is 6.06. The van der Waals surface area contributed by atoms with Crippen LogP contribution in [-0.2, 0) is 23.6 Å². The number of ether oxygens (including phenoxy) is 1. The standard InChI is InChI=1S/C22H38BN3O5/c1-5-6-18(25-20(28)15(24)13-19(27)26-7-9-29-10-8-26)23-30-17-12-14-11-16(21(14,2)3)22(17,4)31-23/h14-18H,5-13,24H2,1-4H3,(H,25,28)/t14-,15?,16-,17+,18?,22-/m0/s1. The van der Waals surface area contributed by atoms with Crippen molar-refractivity contribution >= 4 is 18.9 Å². The first-order chi connectivity index (χ1) is 14.7. The first kappa shape index (κ1) is 23.0. The molecule has 174 valence electrons.